The fourth-order valence-electron chi connectivity index (χ4n) is 6.49. The van der Waals surface area contributed by atoms with Crippen molar-refractivity contribution in [3.05, 3.63) is 84.6 Å². The van der Waals surface area contributed by atoms with Crippen LogP contribution in [0.3, 0.4) is 0 Å². The van der Waals surface area contributed by atoms with Crippen molar-refractivity contribution in [2.45, 2.75) is 63.1 Å². The molecule has 50 heavy (non-hydrogen) atoms. The van der Waals surface area contributed by atoms with Gasteiger partial charge in [0.05, 0.1) is 24.9 Å². The largest absolute Gasteiger partial charge is 0.491 e. The van der Waals surface area contributed by atoms with E-state index in [-0.39, 0.29) is 25.7 Å². The van der Waals surface area contributed by atoms with E-state index in [1.165, 1.54) is 0 Å². The van der Waals surface area contributed by atoms with E-state index < -0.39 is 11.6 Å². The highest BCUT2D eigenvalue weighted by atomic mass is 16.6. The maximum absolute atomic E-state index is 12.5. The Morgan fingerprint density at radius 3 is 2.36 bits per heavy atom. The molecule has 3 aromatic carbocycles. The number of carbonyl (C=O) groups is 1. The fraction of sp³-hybridized carbons (Fsp3) is 0.405. The summed E-state index contributed by atoms with van der Waals surface area (Å²) in [4.78, 5) is 17.5. The van der Waals surface area contributed by atoms with E-state index in [9.17, 15) is 4.79 Å². The lowest BCUT2D eigenvalue weighted by molar-refractivity contribution is -0.0901. The van der Waals surface area contributed by atoms with Crippen LogP contribution in [0.4, 0.5) is 16.4 Å². The van der Waals surface area contributed by atoms with Gasteiger partial charge in [-0.25, -0.2) is 14.2 Å². The van der Waals surface area contributed by atoms with Crippen molar-refractivity contribution in [1.29, 1.82) is 0 Å². The average Bonchev–Trinajstić information content (AvgIpc) is 3.77. The molecule has 3 saturated heterocycles. The topological polar surface area (TPSA) is 136 Å². The van der Waals surface area contributed by atoms with Crippen molar-refractivity contribution >= 4 is 28.6 Å². The quantitative estimate of drug-likeness (QED) is 0.159. The lowest BCUT2D eigenvalue weighted by atomic mass is 9.99. The summed E-state index contributed by atoms with van der Waals surface area (Å²) in [5.74, 6) is 1.83. The smallest absolute Gasteiger partial charge is 0.408 e. The summed E-state index contributed by atoms with van der Waals surface area (Å²) < 4.78 is 32.9. The minimum Gasteiger partial charge on any atom is -0.491 e. The van der Waals surface area contributed by atoms with Crippen LogP contribution in [-0.2, 0) is 25.6 Å². The Labute approximate surface area is 289 Å². The summed E-state index contributed by atoms with van der Waals surface area (Å²) in [6.45, 7) is 2.57. The minimum atomic E-state index is -0.654. The van der Waals surface area contributed by atoms with Crippen molar-refractivity contribution in [2.24, 2.45) is 0 Å². The number of carbonyl (C=O) groups excluding carboxylic acids is 1. The Balaban J connectivity index is 0.944. The molecule has 2 unspecified atom stereocenters. The van der Waals surface area contributed by atoms with Gasteiger partial charge in [0.1, 0.15) is 24.5 Å². The van der Waals surface area contributed by atoms with Gasteiger partial charge in [-0.2, -0.15) is 10.1 Å². The van der Waals surface area contributed by atoms with Crippen LogP contribution in [0.2, 0.25) is 0 Å². The number of ether oxygens (including phenoxy) is 5. The number of aromatic nitrogens is 5. The van der Waals surface area contributed by atoms with Gasteiger partial charge in [0.2, 0.25) is 5.95 Å². The van der Waals surface area contributed by atoms with Gasteiger partial charge < -0.3 is 34.3 Å². The predicted octanol–water partition coefficient (Wildman–Crippen LogP) is 6.51. The highest BCUT2D eigenvalue weighted by molar-refractivity contribution is 5.83. The molecule has 3 aliphatic rings. The van der Waals surface area contributed by atoms with E-state index in [1.54, 1.807) is 0 Å². The molecule has 0 aliphatic carbocycles. The Hall–Kier alpha value is -4.98. The molecule has 8 rings (SSSR count). The summed E-state index contributed by atoms with van der Waals surface area (Å²) >= 11 is 0. The number of alkyl carbamates (subject to hydrolysis) is 1. The predicted molar refractivity (Wildman–Crippen MR) is 185 cm³/mol. The number of amides is 1. The molecule has 0 spiro atoms. The maximum Gasteiger partial charge on any atom is 0.408 e. The SMILES string of the molecule is O=C(NC1(COc2ccc(-c3nc(Nc4ccc5c(cnn5C5CCCCO5)c4)n(C4CCCCO4)n3)cc2)COC1)OCc1ccccc1. The van der Waals surface area contributed by atoms with Gasteiger partial charge in [0, 0.05) is 29.9 Å². The number of nitrogens with zero attached hydrogens (tertiary/aromatic N) is 5. The molecule has 0 saturated carbocycles. The number of rotatable bonds is 11. The van der Waals surface area contributed by atoms with Crippen molar-refractivity contribution < 1.29 is 28.5 Å². The zero-order valence-corrected chi connectivity index (χ0v) is 27.8. The van der Waals surface area contributed by atoms with Crippen LogP contribution in [-0.4, -0.2) is 69.2 Å². The maximum atomic E-state index is 12.5. The molecule has 260 valence electrons. The summed E-state index contributed by atoms with van der Waals surface area (Å²) in [6.07, 6.45) is 7.30. The van der Waals surface area contributed by atoms with Gasteiger partial charge in [0.15, 0.2) is 18.3 Å². The Morgan fingerprint density at radius 1 is 0.900 bits per heavy atom. The first kappa shape index (κ1) is 32.2. The zero-order valence-electron chi connectivity index (χ0n) is 27.8. The molecule has 13 nitrogen and oxygen atoms in total. The molecular weight excluding hydrogens is 638 g/mol. The molecule has 2 atom stereocenters. The second-order valence-corrected chi connectivity index (χ2v) is 13.1. The monoisotopic (exact) mass is 679 g/mol. The zero-order chi connectivity index (χ0) is 33.8. The van der Waals surface area contributed by atoms with Crippen LogP contribution in [0.1, 0.15) is 56.5 Å². The fourth-order valence-corrected chi connectivity index (χ4v) is 6.49. The summed E-state index contributed by atoms with van der Waals surface area (Å²) in [6, 6.07) is 23.4. The first-order valence-corrected chi connectivity index (χ1v) is 17.3. The summed E-state index contributed by atoms with van der Waals surface area (Å²) in [7, 11) is 0. The van der Waals surface area contributed by atoms with Crippen molar-refractivity contribution in [3.63, 3.8) is 0 Å². The van der Waals surface area contributed by atoms with Crippen molar-refractivity contribution in [2.75, 3.05) is 38.4 Å². The molecule has 2 N–H and O–H groups in total. The summed E-state index contributed by atoms with van der Waals surface area (Å²) in [5, 5.41) is 17.0. The third-order valence-electron chi connectivity index (χ3n) is 9.30. The standard InChI is InChI=1S/C37H41N7O6/c45-36(49-22-26-8-2-1-3-9-26)41-37(23-46-24-37)25-50-30-15-12-27(13-16-30)34-40-35(44(42-34)33-11-5-7-19-48-33)39-29-14-17-31-28(20-29)21-38-43(31)32-10-4-6-18-47-32/h1-3,8-9,12-17,20-21,32-33H,4-7,10-11,18-19,22-25H2,(H,41,45)(H,39,40,42). The molecule has 3 aliphatic heterocycles. The van der Waals surface area contributed by atoms with Gasteiger partial charge in [-0.05, 0) is 86.6 Å². The number of fused-ring (bicyclic) bond motifs is 1. The lowest BCUT2D eigenvalue weighted by Gasteiger charge is -2.40. The molecule has 0 bridgehead atoms. The summed E-state index contributed by atoms with van der Waals surface area (Å²) in [5.41, 5.74) is 3.02. The van der Waals surface area contributed by atoms with Crippen molar-refractivity contribution in [3.8, 4) is 17.1 Å². The molecular formula is C37H41N7O6. The Morgan fingerprint density at radius 2 is 1.66 bits per heavy atom. The van der Waals surface area contributed by atoms with Crippen LogP contribution in [0.5, 0.6) is 5.75 Å². The number of anilines is 2. The van der Waals surface area contributed by atoms with Crippen LogP contribution in [0, 0.1) is 0 Å². The van der Waals surface area contributed by atoms with E-state index in [1.807, 2.05) is 76.2 Å². The van der Waals surface area contributed by atoms with Gasteiger partial charge >= 0.3 is 6.09 Å². The first-order chi connectivity index (χ1) is 24.6. The average molecular weight is 680 g/mol. The van der Waals surface area contributed by atoms with Crippen LogP contribution in [0.25, 0.3) is 22.3 Å². The number of benzene rings is 3. The third kappa shape index (κ3) is 7.16. The van der Waals surface area contributed by atoms with E-state index in [2.05, 4.69) is 27.9 Å². The van der Waals surface area contributed by atoms with E-state index in [0.29, 0.717) is 37.3 Å². The van der Waals surface area contributed by atoms with E-state index in [4.69, 9.17) is 33.8 Å². The lowest BCUT2D eigenvalue weighted by Crippen LogP contribution is -2.65. The molecule has 13 heteroatoms. The number of hydrogen-bond donors (Lipinski definition) is 2. The highest BCUT2D eigenvalue weighted by Crippen LogP contribution is 2.32. The molecule has 5 heterocycles. The van der Waals surface area contributed by atoms with Gasteiger partial charge in [-0.15, -0.1) is 5.10 Å². The van der Waals surface area contributed by atoms with Crippen LogP contribution in [0.15, 0.2) is 79.0 Å². The van der Waals surface area contributed by atoms with Gasteiger partial charge in [-0.1, -0.05) is 30.3 Å². The van der Waals surface area contributed by atoms with Crippen LogP contribution < -0.4 is 15.4 Å². The second-order valence-electron chi connectivity index (χ2n) is 13.1. The third-order valence-corrected chi connectivity index (χ3v) is 9.30. The van der Waals surface area contributed by atoms with Gasteiger partial charge in [0.25, 0.3) is 0 Å². The Kier molecular flexibility index (Phi) is 9.33. The molecule has 5 aromatic rings. The molecule has 3 fully saturated rings. The van der Waals surface area contributed by atoms with Crippen molar-refractivity contribution in [1.82, 2.24) is 29.9 Å². The van der Waals surface area contributed by atoms with E-state index in [0.717, 1.165) is 72.8 Å². The number of nitrogens with one attached hydrogen (secondary N) is 2. The second kappa shape index (κ2) is 14.5. The van der Waals surface area contributed by atoms with Gasteiger partial charge in [-0.3, -0.25) is 0 Å². The Bertz CT molecular complexity index is 1890. The number of hydrogen-bond acceptors (Lipinski definition) is 10. The molecule has 2 aromatic heterocycles. The normalized spacial score (nSPS) is 20.2. The highest BCUT2D eigenvalue weighted by Gasteiger charge is 2.42. The first-order valence-electron chi connectivity index (χ1n) is 17.3. The van der Waals surface area contributed by atoms with E-state index >= 15 is 0 Å². The van der Waals surface area contributed by atoms with Crippen LogP contribution >= 0.6 is 0 Å². The molecule has 1 amide bonds. The minimum absolute atomic E-state index is 0.0232. The molecule has 0 radical (unpaired) electrons.